The fourth-order valence-corrected chi connectivity index (χ4v) is 6.94. The first-order chi connectivity index (χ1) is 14.3. The number of amides is 1. The van der Waals surface area contributed by atoms with Crippen molar-refractivity contribution in [2.24, 2.45) is 5.92 Å². The highest BCUT2D eigenvalue weighted by molar-refractivity contribution is 7.89. The Morgan fingerprint density at radius 1 is 1.23 bits per heavy atom. The van der Waals surface area contributed by atoms with E-state index in [1.807, 2.05) is 24.0 Å². The van der Waals surface area contributed by atoms with Crippen LogP contribution >= 0.6 is 0 Å². The molecule has 1 aromatic carbocycles. The van der Waals surface area contributed by atoms with Crippen LogP contribution in [0.1, 0.15) is 42.5 Å². The number of carbonyl (C=O) groups excluding carboxylic acids is 1. The number of sulfonamides is 1. The molecule has 1 N–H and O–H groups in total. The van der Waals surface area contributed by atoms with Crippen LogP contribution < -0.4 is 0 Å². The highest BCUT2D eigenvalue weighted by atomic mass is 32.2. The molecule has 2 aromatic rings. The molecule has 0 spiro atoms. The van der Waals surface area contributed by atoms with E-state index in [1.54, 1.807) is 17.3 Å². The molecule has 8 nitrogen and oxygen atoms in total. The van der Waals surface area contributed by atoms with Crippen molar-refractivity contribution in [3.63, 3.8) is 0 Å². The lowest BCUT2D eigenvalue weighted by molar-refractivity contribution is -0.128. The van der Waals surface area contributed by atoms with E-state index in [-0.39, 0.29) is 11.8 Å². The maximum Gasteiger partial charge on any atom is 0.243 e. The average molecular weight is 430 g/mol. The molecule has 0 saturated carbocycles. The maximum atomic E-state index is 13.4. The van der Waals surface area contributed by atoms with Crippen LogP contribution in [0.3, 0.4) is 0 Å². The number of rotatable bonds is 3. The summed E-state index contributed by atoms with van der Waals surface area (Å²) in [6, 6.07) is 5.57. The summed E-state index contributed by atoms with van der Waals surface area (Å²) in [6.07, 6.45) is 3.66. The largest absolute Gasteiger partial charge is 0.342 e. The number of H-pyrrole nitrogens is 1. The number of hydrogen-bond donors (Lipinski definition) is 1. The van der Waals surface area contributed by atoms with Crippen LogP contribution in [-0.2, 0) is 33.1 Å². The van der Waals surface area contributed by atoms with Gasteiger partial charge in [-0.2, -0.15) is 9.40 Å². The van der Waals surface area contributed by atoms with Gasteiger partial charge in [-0.15, -0.1) is 0 Å². The van der Waals surface area contributed by atoms with Crippen LogP contribution in [0.2, 0.25) is 0 Å². The quantitative estimate of drug-likeness (QED) is 0.795. The first kappa shape index (κ1) is 19.7. The lowest BCUT2D eigenvalue weighted by atomic mass is 9.72. The molecular formula is C21H27N5O3S. The van der Waals surface area contributed by atoms with E-state index in [4.69, 9.17) is 0 Å². The van der Waals surface area contributed by atoms with E-state index < -0.39 is 15.4 Å². The van der Waals surface area contributed by atoms with Gasteiger partial charge in [0, 0.05) is 39.0 Å². The lowest BCUT2D eigenvalue weighted by Gasteiger charge is -2.40. The molecule has 1 aliphatic carbocycles. The van der Waals surface area contributed by atoms with Crippen molar-refractivity contribution in [3.05, 3.63) is 41.0 Å². The predicted octanol–water partition coefficient (Wildman–Crippen LogP) is 1.41. The zero-order chi connectivity index (χ0) is 21.1. The van der Waals surface area contributed by atoms with Crippen molar-refractivity contribution in [2.75, 3.05) is 26.2 Å². The van der Waals surface area contributed by atoms with Crippen LogP contribution in [0.5, 0.6) is 0 Å². The Balaban J connectivity index is 1.46. The number of aromatic nitrogens is 3. The van der Waals surface area contributed by atoms with Gasteiger partial charge in [-0.05, 0) is 55.9 Å². The van der Waals surface area contributed by atoms with Gasteiger partial charge in [0.15, 0.2) is 5.82 Å². The Bertz CT molecular complexity index is 1110. The summed E-state index contributed by atoms with van der Waals surface area (Å²) in [4.78, 5) is 18.9. The third kappa shape index (κ3) is 2.98. The summed E-state index contributed by atoms with van der Waals surface area (Å²) in [5.41, 5.74) is 2.02. The van der Waals surface area contributed by atoms with Crippen LogP contribution in [0.25, 0.3) is 0 Å². The minimum Gasteiger partial charge on any atom is -0.342 e. The molecular weight excluding hydrogens is 402 g/mol. The topological polar surface area (TPSA) is 99.3 Å². The molecule has 0 radical (unpaired) electrons. The summed E-state index contributed by atoms with van der Waals surface area (Å²) in [6.45, 7) is 5.25. The summed E-state index contributed by atoms with van der Waals surface area (Å²) in [5, 5.41) is 7.32. The van der Waals surface area contributed by atoms with Crippen molar-refractivity contribution in [3.8, 4) is 0 Å². The number of likely N-dealkylation sites (tertiary alicyclic amines) is 1. The summed E-state index contributed by atoms with van der Waals surface area (Å²) in [5.74, 6) is 1.40. The number of benzene rings is 1. The van der Waals surface area contributed by atoms with Crippen molar-refractivity contribution < 1.29 is 13.2 Å². The smallest absolute Gasteiger partial charge is 0.243 e. The van der Waals surface area contributed by atoms with Gasteiger partial charge in [0.1, 0.15) is 5.82 Å². The van der Waals surface area contributed by atoms with Crippen molar-refractivity contribution in [2.45, 2.75) is 49.8 Å². The van der Waals surface area contributed by atoms with E-state index in [0.717, 1.165) is 30.7 Å². The zero-order valence-corrected chi connectivity index (χ0v) is 18.2. The molecule has 2 fully saturated rings. The number of piperidine rings is 1. The van der Waals surface area contributed by atoms with E-state index >= 15 is 0 Å². The second-order valence-corrected chi connectivity index (χ2v) is 10.8. The maximum absolute atomic E-state index is 13.4. The van der Waals surface area contributed by atoms with E-state index in [0.29, 0.717) is 43.3 Å². The van der Waals surface area contributed by atoms with Gasteiger partial charge in [0.2, 0.25) is 15.9 Å². The molecule has 30 heavy (non-hydrogen) atoms. The van der Waals surface area contributed by atoms with Gasteiger partial charge in [-0.3, -0.25) is 9.89 Å². The van der Waals surface area contributed by atoms with Gasteiger partial charge in [-0.1, -0.05) is 6.07 Å². The van der Waals surface area contributed by atoms with E-state index in [1.165, 1.54) is 5.56 Å². The first-order valence-corrected chi connectivity index (χ1v) is 12.0. The van der Waals surface area contributed by atoms with E-state index in [9.17, 15) is 13.2 Å². The number of aryl methyl sites for hydroxylation is 3. The van der Waals surface area contributed by atoms with Gasteiger partial charge in [0.25, 0.3) is 0 Å². The SMILES string of the molecule is CC(=O)N1C[C@H]2CN(S(=O)(=O)c3ccc4c(c3)CCC4)CC[C@@]2(c2n[nH]c(C)n2)C1. The fraction of sp³-hybridized carbons (Fsp3) is 0.571. The molecule has 3 heterocycles. The zero-order valence-electron chi connectivity index (χ0n) is 17.4. The molecule has 3 aliphatic rings. The van der Waals surface area contributed by atoms with Gasteiger partial charge >= 0.3 is 0 Å². The molecule has 1 aromatic heterocycles. The third-order valence-electron chi connectivity index (χ3n) is 7.12. The normalized spacial score (nSPS) is 26.6. The van der Waals surface area contributed by atoms with Gasteiger partial charge < -0.3 is 4.90 Å². The second-order valence-electron chi connectivity index (χ2n) is 8.89. The molecule has 160 valence electrons. The van der Waals surface area contributed by atoms with Crippen molar-refractivity contribution >= 4 is 15.9 Å². The molecule has 2 atom stereocenters. The van der Waals surface area contributed by atoms with Crippen molar-refractivity contribution in [1.82, 2.24) is 24.4 Å². The number of nitrogens with zero attached hydrogens (tertiary/aromatic N) is 4. The molecule has 0 bridgehead atoms. The third-order valence-corrected chi connectivity index (χ3v) is 8.98. The number of aromatic amines is 1. The Morgan fingerprint density at radius 2 is 2.03 bits per heavy atom. The standard InChI is InChI=1S/C21H27N5O3S/c1-14-22-20(24-23-14)21-8-9-26(12-18(21)11-25(13-21)15(2)27)30(28,29)19-7-6-16-4-3-5-17(16)10-19/h6-7,10,18H,3-5,8-9,11-13H2,1-2H3,(H,22,23,24)/t18-,21+/m0/s1. The molecule has 0 unspecified atom stereocenters. The van der Waals surface area contributed by atoms with Gasteiger partial charge in [-0.25, -0.2) is 13.4 Å². The van der Waals surface area contributed by atoms with Crippen LogP contribution in [0, 0.1) is 12.8 Å². The minimum absolute atomic E-state index is 0.00376. The van der Waals surface area contributed by atoms with Crippen LogP contribution in [-0.4, -0.2) is 64.9 Å². The number of fused-ring (bicyclic) bond motifs is 2. The Labute approximate surface area is 176 Å². The highest BCUT2D eigenvalue weighted by Gasteiger charge is 2.55. The Hall–Kier alpha value is -2.26. The van der Waals surface area contributed by atoms with Gasteiger partial charge in [0.05, 0.1) is 10.3 Å². The Kier molecular flexibility index (Phi) is 4.52. The molecule has 2 aliphatic heterocycles. The number of carbonyl (C=O) groups is 1. The minimum atomic E-state index is -3.58. The summed E-state index contributed by atoms with van der Waals surface area (Å²) < 4.78 is 28.5. The summed E-state index contributed by atoms with van der Waals surface area (Å²) >= 11 is 0. The monoisotopic (exact) mass is 429 g/mol. The molecule has 1 amide bonds. The van der Waals surface area contributed by atoms with Crippen molar-refractivity contribution in [1.29, 1.82) is 0 Å². The van der Waals surface area contributed by atoms with Crippen LogP contribution in [0.15, 0.2) is 23.1 Å². The average Bonchev–Trinajstić information content (AvgIpc) is 3.44. The predicted molar refractivity (Wildman–Crippen MR) is 110 cm³/mol. The summed E-state index contributed by atoms with van der Waals surface area (Å²) in [7, 11) is -3.58. The van der Waals surface area contributed by atoms with Crippen LogP contribution in [0.4, 0.5) is 0 Å². The number of nitrogens with one attached hydrogen (secondary N) is 1. The second kappa shape index (κ2) is 6.88. The molecule has 2 saturated heterocycles. The Morgan fingerprint density at radius 3 is 2.77 bits per heavy atom. The molecule has 9 heteroatoms. The highest BCUT2D eigenvalue weighted by Crippen LogP contribution is 2.45. The van der Waals surface area contributed by atoms with E-state index in [2.05, 4.69) is 15.2 Å². The fourth-order valence-electron chi connectivity index (χ4n) is 5.40. The molecule has 5 rings (SSSR count). The first-order valence-electron chi connectivity index (χ1n) is 10.6. The lowest BCUT2D eigenvalue weighted by Crippen LogP contribution is -2.51. The number of hydrogen-bond acceptors (Lipinski definition) is 5.